The Morgan fingerprint density at radius 3 is 2.72 bits per heavy atom. The quantitative estimate of drug-likeness (QED) is 0.821. The fourth-order valence-electron chi connectivity index (χ4n) is 7.46. The molecule has 1 N–H and O–H groups in total. The molecule has 25 heavy (non-hydrogen) atoms. The molecule has 7 atom stereocenters. The maximum absolute atomic E-state index is 12.5. The summed E-state index contributed by atoms with van der Waals surface area (Å²) in [5.41, 5.74) is 1.23. The minimum Gasteiger partial charge on any atom is -0.393 e. The van der Waals surface area contributed by atoms with Crippen molar-refractivity contribution < 1.29 is 14.7 Å². The fourth-order valence-corrected chi connectivity index (χ4v) is 7.46. The molecule has 0 amide bonds. The van der Waals surface area contributed by atoms with Crippen LogP contribution in [0.5, 0.6) is 0 Å². The largest absolute Gasteiger partial charge is 0.393 e. The van der Waals surface area contributed by atoms with Gasteiger partial charge in [0.15, 0.2) is 5.78 Å². The lowest BCUT2D eigenvalue weighted by atomic mass is 9.46. The van der Waals surface area contributed by atoms with Crippen molar-refractivity contribution in [3.05, 3.63) is 11.6 Å². The number of carbonyl (C=O) groups is 2. The van der Waals surface area contributed by atoms with E-state index in [4.69, 9.17) is 0 Å². The van der Waals surface area contributed by atoms with Crippen molar-refractivity contribution in [3.8, 4) is 0 Å². The summed E-state index contributed by atoms with van der Waals surface area (Å²) in [7, 11) is 0. The van der Waals surface area contributed by atoms with Crippen molar-refractivity contribution >= 4 is 11.6 Å². The lowest BCUT2D eigenvalue weighted by Gasteiger charge is -2.59. The maximum Gasteiger partial charge on any atom is 0.155 e. The van der Waals surface area contributed by atoms with Crippen molar-refractivity contribution in [2.75, 3.05) is 0 Å². The molecule has 0 aromatic heterocycles. The second-order valence-corrected chi connectivity index (χ2v) is 9.62. The van der Waals surface area contributed by atoms with Crippen molar-refractivity contribution in [2.45, 2.75) is 78.2 Å². The summed E-state index contributed by atoms with van der Waals surface area (Å²) in [4.78, 5) is 24.4. The van der Waals surface area contributed by atoms with Crippen LogP contribution in [0.4, 0.5) is 0 Å². The van der Waals surface area contributed by atoms with Gasteiger partial charge in [0.2, 0.25) is 0 Å². The number of aliphatic hydroxyl groups is 1. The summed E-state index contributed by atoms with van der Waals surface area (Å²) in [6.07, 6.45) is 8.62. The smallest absolute Gasteiger partial charge is 0.155 e. The van der Waals surface area contributed by atoms with Gasteiger partial charge in [-0.25, -0.2) is 0 Å². The average Bonchev–Trinajstić information content (AvgIpc) is 2.91. The number of ketones is 2. The molecule has 4 aliphatic carbocycles. The molecule has 0 saturated heterocycles. The van der Waals surface area contributed by atoms with Gasteiger partial charge in [0.25, 0.3) is 0 Å². The zero-order chi connectivity index (χ0) is 18.0. The van der Waals surface area contributed by atoms with E-state index < -0.39 is 0 Å². The van der Waals surface area contributed by atoms with E-state index in [2.05, 4.69) is 13.8 Å². The van der Waals surface area contributed by atoms with Crippen molar-refractivity contribution in [1.29, 1.82) is 0 Å². The van der Waals surface area contributed by atoms with Crippen molar-refractivity contribution in [2.24, 2.45) is 34.5 Å². The summed E-state index contributed by atoms with van der Waals surface area (Å²) >= 11 is 0. The van der Waals surface area contributed by atoms with Crippen LogP contribution in [0, 0.1) is 34.5 Å². The van der Waals surface area contributed by atoms with Crippen molar-refractivity contribution in [3.63, 3.8) is 0 Å². The Morgan fingerprint density at radius 2 is 2.00 bits per heavy atom. The van der Waals surface area contributed by atoms with E-state index in [-0.39, 0.29) is 34.6 Å². The first-order chi connectivity index (χ1) is 11.8. The number of rotatable bonds is 2. The lowest BCUT2D eigenvalue weighted by molar-refractivity contribution is -0.144. The van der Waals surface area contributed by atoms with Crippen LogP contribution in [-0.4, -0.2) is 22.8 Å². The number of hydrogen-bond donors (Lipinski definition) is 1. The number of carbonyl (C=O) groups excluding carboxylic acids is 2. The summed E-state index contributed by atoms with van der Waals surface area (Å²) in [5, 5.41) is 11.2. The highest BCUT2D eigenvalue weighted by Crippen LogP contribution is 2.66. The molecule has 0 spiro atoms. The van der Waals surface area contributed by atoms with Gasteiger partial charge in [0.05, 0.1) is 6.10 Å². The molecular formula is C22H32O3. The Bertz CT molecular complexity index is 635. The number of aliphatic hydroxyl groups excluding tert-OH is 1. The molecule has 138 valence electrons. The average molecular weight is 344 g/mol. The highest BCUT2D eigenvalue weighted by atomic mass is 16.3. The van der Waals surface area contributed by atoms with Crippen LogP contribution in [-0.2, 0) is 9.59 Å². The second-order valence-electron chi connectivity index (χ2n) is 9.62. The van der Waals surface area contributed by atoms with Gasteiger partial charge in [-0.15, -0.1) is 0 Å². The Morgan fingerprint density at radius 1 is 1.24 bits per heavy atom. The number of allylic oxidation sites excluding steroid dienone is 1. The first-order valence-electron chi connectivity index (χ1n) is 10.3. The lowest BCUT2D eigenvalue weighted by Crippen LogP contribution is -2.57. The van der Waals surface area contributed by atoms with Crippen LogP contribution in [0.1, 0.15) is 72.1 Å². The number of fused-ring (bicyclic) bond motifs is 5. The third kappa shape index (κ3) is 2.34. The van der Waals surface area contributed by atoms with E-state index in [0.717, 1.165) is 38.5 Å². The molecule has 0 aromatic carbocycles. The van der Waals surface area contributed by atoms with E-state index >= 15 is 0 Å². The van der Waals surface area contributed by atoms with E-state index in [1.165, 1.54) is 5.57 Å². The molecular weight excluding hydrogens is 312 g/mol. The first-order valence-corrected chi connectivity index (χ1v) is 10.3. The van der Waals surface area contributed by atoms with Gasteiger partial charge in [0.1, 0.15) is 5.78 Å². The molecule has 4 rings (SSSR count). The van der Waals surface area contributed by atoms with Gasteiger partial charge in [-0.05, 0) is 73.2 Å². The van der Waals surface area contributed by atoms with Crippen LogP contribution in [0.15, 0.2) is 11.6 Å². The zero-order valence-corrected chi connectivity index (χ0v) is 15.9. The molecule has 0 heterocycles. The van der Waals surface area contributed by atoms with Crippen LogP contribution in [0.2, 0.25) is 0 Å². The molecule has 3 saturated carbocycles. The summed E-state index contributed by atoms with van der Waals surface area (Å²) in [6, 6.07) is 0. The molecule has 0 aliphatic heterocycles. The van der Waals surface area contributed by atoms with Crippen molar-refractivity contribution in [1.82, 2.24) is 0 Å². The Kier molecular flexibility index (Phi) is 4.03. The minimum absolute atomic E-state index is 0.0234. The predicted octanol–water partition coefficient (Wildman–Crippen LogP) is 4.08. The monoisotopic (exact) mass is 344 g/mol. The summed E-state index contributed by atoms with van der Waals surface area (Å²) in [5.74, 6) is 2.10. The zero-order valence-electron chi connectivity index (χ0n) is 15.9. The van der Waals surface area contributed by atoms with Crippen LogP contribution < -0.4 is 0 Å². The highest BCUT2D eigenvalue weighted by Gasteiger charge is 2.62. The third-order valence-corrected chi connectivity index (χ3v) is 8.63. The van der Waals surface area contributed by atoms with E-state index in [0.29, 0.717) is 30.5 Å². The summed E-state index contributed by atoms with van der Waals surface area (Å²) in [6.45, 7) is 6.54. The molecule has 3 heteroatoms. The second kappa shape index (κ2) is 5.77. The molecule has 3 nitrogen and oxygen atoms in total. The minimum atomic E-state index is -0.349. The highest BCUT2D eigenvalue weighted by molar-refractivity contribution is 5.91. The Balaban J connectivity index is 1.70. The molecule has 4 aliphatic rings. The number of Topliss-reactive ketones (excluding diaryl/α,β-unsaturated/α-hetero) is 1. The topological polar surface area (TPSA) is 54.4 Å². The van der Waals surface area contributed by atoms with Gasteiger partial charge in [-0.2, -0.15) is 0 Å². The fraction of sp³-hybridized carbons (Fsp3) is 0.818. The van der Waals surface area contributed by atoms with Gasteiger partial charge >= 0.3 is 0 Å². The molecule has 0 aromatic rings. The van der Waals surface area contributed by atoms with Gasteiger partial charge < -0.3 is 5.11 Å². The molecule has 0 radical (unpaired) electrons. The van der Waals surface area contributed by atoms with E-state index in [9.17, 15) is 14.7 Å². The summed E-state index contributed by atoms with van der Waals surface area (Å²) < 4.78 is 0. The third-order valence-electron chi connectivity index (χ3n) is 8.63. The number of hydrogen-bond acceptors (Lipinski definition) is 3. The predicted molar refractivity (Wildman–Crippen MR) is 96.9 cm³/mol. The Labute approximate surface area is 151 Å². The van der Waals surface area contributed by atoms with Crippen LogP contribution in [0.25, 0.3) is 0 Å². The van der Waals surface area contributed by atoms with E-state index in [1.54, 1.807) is 0 Å². The standard InChI is InChI=1S/C22H32O3/c1-4-18(24)17-8-7-16-15-6-5-13-11-14(23)9-10-21(13,2)20(15)19(25)12-22(16,17)3/h11,15-17,19-20,25H,4-10,12H2,1-3H3. The maximum atomic E-state index is 12.5. The molecule has 7 unspecified atom stereocenters. The molecule has 0 bridgehead atoms. The van der Waals surface area contributed by atoms with Gasteiger partial charge in [-0.1, -0.05) is 26.3 Å². The van der Waals surface area contributed by atoms with Gasteiger partial charge in [-0.3, -0.25) is 9.59 Å². The molecule has 3 fully saturated rings. The van der Waals surface area contributed by atoms with Crippen LogP contribution >= 0.6 is 0 Å². The van der Waals surface area contributed by atoms with Crippen LogP contribution in [0.3, 0.4) is 0 Å². The van der Waals surface area contributed by atoms with Gasteiger partial charge in [0, 0.05) is 18.8 Å². The SMILES string of the molecule is CCC(=O)C1CCC2C3CCC4=CC(=O)CCC4(C)C3C(O)CC12C. The van der Waals surface area contributed by atoms with E-state index in [1.807, 2.05) is 13.0 Å². The normalized spacial score (nSPS) is 49.0. The first kappa shape index (κ1) is 17.5. The Hall–Kier alpha value is -0.960.